The molecule has 0 radical (unpaired) electrons. The van der Waals surface area contributed by atoms with E-state index in [-0.39, 0.29) is 6.04 Å². The van der Waals surface area contributed by atoms with Gasteiger partial charge in [-0.05, 0) is 6.92 Å². The Kier molecular flexibility index (Phi) is 4.94. The van der Waals surface area contributed by atoms with Crippen LogP contribution in [0.1, 0.15) is 18.7 Å². The van der Waals surface area contributed by atoms with E-state index in [2.05, 4.69) is 9.97 Å². The fourth-order valence-corrected chi connectivity index (χ4v) is 1.19. The molecule has 0 spiro atoms. The molecule has 1 heterocycles. The summed E-state index contributed by atoms with van der Waals surface area (Å²) >= 11 is 0. The molecule has 1 aromatic heterocycles. The second-order valence-electron chi connectivity index (χ2n) is 3.07. The van der Waals surface area contributed by atoms with Crippen LogP contribution in [0.2, 0.25) is 0 Å². The van der Waals surface area contributed by atoms with E-state index in [1.165, 1.54) is 20.4 Å². The van der Waals surface area contributed by atoms with Crippen LogP contribution in [0, 0.1) is 0 Å². The van der Waals surface area contributed by atoms with E-state index < -0.39 is 0 Å². The fourth-order valence-electron chi connectivity index (χ4n) is 1.19. The predicted octanol–water partition coefficient (Wildman–Crippen LogP) is 0.530. The van der Waals surface area contributed by atoms with Gasteiger partial charge in [0.2, 0.25) is 11.8 Å². The van der Waals surface area contributed by atoms with E-state index in [9.17, 15) is 0 Å². The van der Waals surface area contributed by atoms with Gasteiger partial charge in [-0.25, -0.2) is 4.98 Å². The molecule has 0 saturated carbocycles. The maximum atomic E-state index is 5.90. The Morgan fingerprint density at radius 2 is 2.12 bits per heavy atom. The summed E-state index contributed by atoms with van der Waals surface area (Å²) in [7, 11) is 3.03. The van der Waals surface area contributed by atoms with Crippen LogP contribution in [0.4, 0.5) is 0 Å². The first kappa shape index (κ1) is 12.7. The summed E-state index contributed by atoms with van der Waals surface area (Å²) in [6.07, 6.45) is 1.50. The highest BCUT2D eigenvalue weighted by Crippen LogP contribution is 2.21. The zero-order valence-corrected chi connectivity index (χ0v) is 9.77. The van der Waals surface area contributed by atoms with Crippen molar-refractivity contribution in [3.8, 4) is 11.8 Å². The van der Waals surface area contributed by atoms with Gasteiger partial charge >= 0.3 is 0 Å². The van der Waals surface area contributed by atoms with Crippen LogP contribution in [-0.4, -0.2) is 37.4 Å². The molecule has 0 fully saturated rings. The Morgan fingerprint density at radius 3 is 2.69 bits per heavy atom. The molecule has 1 atom stereocenters. The molecule has 16 heavy (non-hydrogen) atoms. The Labute approximate surface area is 94.7 Å². The number of nitrogens with two attached hydrogens (primary N) is 1. The molecule has 1 rings (SSSR count). The molecule has 0 aliphatic heterocycles. The topological polar surface area (TPSA) is 79.5 Å². The minimum Gasteiger partial charge on any atom is -0.480 e. The molecular weight excluding hydrogens is 210 g/mol. The SMILES string of the molecule is CCOCC(N)c1ncc(OC)nc1OC. The van der Waals surface area contributed by atoms with E-state index in [1.807, 2.05) is 6.92 Å². The van der Waals surface area contributed by atoms with Crippen LogP contribution in [0.5, 0.6) is 11.8 Å². The van der Waals surface area contributed by atoms with Crippen LogP contribution in [-0.2, 0) is 4.74 Å². The monoisotopic (exact) mass is 227 g/mol. The highest BCUT2D eigenvalue weighted by molar-refractivity contribution is 5.25. The molecule has 0 aromatic carbocycles. The van der Waals surface area contributed by atoms with Gasteiger partial charge in [-0.2, -0.15) is 4.98 Å². The predicted molar refractivity (Wildman–Crippen MR) is 58.6 cm³/mol. The molecule has 0 aliphatic rings. The third-order valence-electron chi connectivity index (χ3n) is 2.00. The minimum absolute atomic E-state index is 0.353. The van der Waals surface area contributed by atoms with E-state index in [1.54, 1.807) is 0 Å². The average Bonchev–Trinajstić information content (AvgIpc) is 2.34. The van der Waals surface area contributed by atoms with Crippen molar-refractivity contribution < 1.29 is 14.2 Å². The normalized spacial score (nSPS) is 12.2. The molecule has 0 saturated heterocycles. The summed E-state index contributed by atoms with van der Waals surface area (Å²) in [5, 5.41) is 0. The van der Waals surface area contributed by atoms with Gasteiger partial charge in [-0.3, -0.25) is 0 Å². The third kappa shape index (κ3) is 3.04. The minimum atomic E-state index is -0.353. The molecule has 0 amide bonds. The Balaban J connectivity index is 2.85. The number of hydrogen-bond donors (Lipinski definition) is 1. The number of rotatable bonds is 6. The molecule has 0 bridgehead atoms. The second-order valence-corrected chi connectivity index (χ2v) is 3.07. The van der Waals surface area contributed by atoms with Gasteiger partial charge in [0.05, 0.1) is 33.1 Å². The van der Waals surface area contributed by atoms with Gasteiger partial charge in [-0.15, -0.1) is 0 Å². The first-order valence-electron chi connectivity index (χ1n) is 5.01. The first-order chi connectivity index (χ1) is 7.72. The van der Waals surface area contributed by atoms with E-state index in [4.69, 9.17) is 19.9 Å². The molecule has 0 aliphatic carbocycles. The van der Waals surface area contributed by atoms with Crippen molar-refractivity contribution in [3.05, 3.63) is 11.9 Å². The average molecular weight is 227 g/mol. The maximum Gasteiger partial charge on any atom is 0.240 e. The lowest BCUT2D eigenvalue weighted by molar-refractivity contribution is 0.131. The summed E-state index contributed by atoms with van der Waals surface area (Å²) in [6.45, 7) is 2.90. The zero-order chi connectivity index (χ0) is 12.0. The van der Waals surface area contributed by atoms with E-state index in [0.29, 0.717) is 30.7 Å². The quantitative estimate of drug-likeness (QED) is 0.763. The highest BCUT2D eigenvalue weighted by Gasteiger charge is 2.16. The van der Waals surface area contributed by atoms with Crippen molar-refractivity contribution >= 4 is 0 Å². The van der Waals surface area contributed by atoms with Gasteiger partial charge in [0, 0.05) is 6.61 Å². The van der Waals surface area contributed by atoms with Gasteiger partial charge in [0.1, 0.15) is 5.69 Å². The summed E-state index contributed by atoms with van der Waals surface area (Å²) in [4.78, 5) is 8.25. The van der Waals surface area contributed by atoms with Crippen molar-refractivity contribution in [1.29, 1.82) is 0 Å². The largest absolute Gasteiger partial charge is 0.480 e. The van der Waals surface area contributed by atoms with Crippen molar-refractivity contribution in [2.45, 2.75) is 13.0 Å². The van der Waals surface area contributed by atoms with Gasteiger partial charge in [-0.1, -0.05) is 0 Å². The summed E-state index contributed by atoms with van der Waals surface area (Å²) in [5.74, 6) is 0.760. The summed E-state index contributed by atoms with van der Waals surface area (Å²) in [6, 6.07) is -0.353. The zero-order valence-electron chi connectivity index (χ0n) is 9.77. The van der Waals surface area contributed by atoms with Gasteiger partial charge in [0.25, 0.3) is 0 Å². The summed E-state index contributed by atoms with van der Waals surface area (Å²) < 4.78 is 15.3. The van der Waals surface area contributed by atoms with Crippen LogP contribution < -0.4 is 15.2 Å². The van der Waals surface area contributed by atoms with Crippen molar-refractivity contribution in [2.75, 3.05) is 27.4 Å². The third-order valence-corrected chi connectivity index (χ3v) is 2.00. The Hall–Kier alpha value is -1.40. The number of aromatic nitrogens is 2. The van der Waals surface area contributed by atoms with E-state index >= 15 is 0 Å². The smallest absolute Gasteiger partial charge is 0.240 e. The van der Waals surface area contributed by atoms with Crippen LogP contribution in [0.15, 0.2) is 6.20 Å². The molecule has 1 unspecified atom stereocenters. The lowest BCUT2D eigenvalue weighted by atomic mass is 10.2. The first-order valence-corrected chi connectivity index (χ1v) is 5.01. The number of nitrogens with zero attached hydrogens (tertiary/aromatic N) is 2. The second kappa shape index (κ2) is 6.24. The van der Waals surface area contributed by atoms with Crippen molar-refractivity contribution in [3.63, 3.8) is 0 Å². The van der Waals surface area contributed by atoms with Crippen LogP contribution >= 0.6 is 0 Å². The molecule has 2 N–H and O–H groups in total. The fraction of sp³-hybridized carbons (Fsp3) is 0.600. The van der Waals surface area contributed by atoms with E-state index in [0.717, 1.165) is 0 Å². The maximum absolute atomic E-state index is 5.90. The number of ether oxygens (including phenoxy) is 3. The van der Waals surface area contributed by atoms with Crippen LogP contribution in [0.3, 0.4) is 0 Å². The number of hydrogen-bond acceptors (Lipinski definition) is 6. The lowest BCUT2D eigenvalue weighted by Gasteiger charge is -2.13. The van der Waals surface area contributed by atoms with Crippen molar-refractivity contribution in [2.24, 2.45) is 5.73 Å². The van der Waals surface area contributed by atoms with Gasteiger partial charge < -0.3 is 19.9 Å². The highest BCUT2D eigenvalue weighted by atomic mass is 16.5. The van der Waals surface area contributed by atoms with Crippen LogP contribution in [0.25, 0.3) is 0 Å². The Bertz CT molecular complexity index is 333. The lowest BCUT2D eigenvalue weighted by Crippen LogP contribution is -2.20. The molecule has 90 valence electrons. The molecular formula is C10H17N3O3. The standard InChI is InChI=1S/C10H17N3O3/c1-4-16-6-7(11)9-10(15-3)13-8(14-2)5-12-9/h5,7H,4,6,11H2,1-3H3. The Morgan fingerprint density at radius 1 is 1.38 bits per heavy atom. The molecule has 6 heteroatoms. The summed E-state index contributed by atoms with van der Waals surface area (Å²) in [5.41, 5.74) is 6.47. The molecule has 1 aromatic rings. The van der Waals surface area contributed by atoms with Crippen molar-refractivity contribution in [1.82, 2.24) is 9.97 Å². The number of methoxy groups -OCH3 is 2. The molecule has 6 nitrogen and oxygen atoms in total. The van der Waals surface area contributed by atoms with Gasteiger partial charge in [0.15, 0.2) is 0 Å².